The summed E-state index contributed by atoms with van der Waals surface area (Å²) in [7, 11) is 0. The summed E-state index contributed by atoms with van der Waals surface area (Å²) in [5.74, 6) is -2.67. The second-order valence-corrected chi connectivity index (χ2v) is 16.3. The van der Waals surface area contributed by atoms with Crippen LogP contribution in [0, 0.1) is 22.7 Å². The number of carboxylic acid groups (broad SMARTS) is 2. The summed E-state index contributed by atoms with van der Waals surface area (Å²) in [5, 5.41) is 39.8. The lowest BCUT2D eigenvalue weighted by molar-refractivity contribution is -0.133. The van der Waals surface area contributed by atoms with Gasteiger partial charge in [0, 0.05) is 81.1 Å². The van der Waals surface area contributed by atoms with Gasteiger partial charge in [0.2, 0.25) is 0 Å². The minimum atomic E-state index is -1.33. The van der Waals surface area contributed by atoms with Crippen LogP contribution in [0.15, 0.2) is 230 Å². The molecule has 10 heteroatoms. The van der Waals surface area contributed by atoms with Gasteiger partial charge in [0.25, 0.3) is 0 Å². The van der Waals surface area contributed by atoms with Gasteiger partial charge in [0.15, 0.2) is 0 Å². The van der Waals surface area contributed by atoms with Crippen LogP contribution in [0.4, 0.5) is 34.1 Å². The molecule has 2 N–H and O–H groups in total. The van der Waals surface area contributed by atoms with E-state index in [-0.39, 0.29) is 13.1 Å². The number of carboxylic acids is 2. The van der Waals surface area contributed by atoms with Crippen LogP contribution in [-0.2, 0) is 22.7 Å². The predicted octanol–water partition coefficient (Wildman–Crippen LogP) is 13.6. The van der Waals surface area contributed by atoms with E-state index in [4.69, 9.17) is 0 Å². The van der Waals surface area contributed by atoms with Crippen molar-refractivity contribution >= 4 is 58.2 Å². The molecule has 0 radical (unpaired) electrons. The van der Waals surface area contributed by atoms with E-state index in [0.29, 0.717) is 11.4 Å². The first-order valence-electron chi connectivity index (χ1n) is 22.5. The van der Waals surface area contributed by atoms with Crippen molar-refractivity contribution in [2.24, 2.45) is 0 Å². The third-order valence-corrected chi connectivity index (χ3v) is 11.9. The minimum absolute atomic E-state index is 0.271. The van der Waals surface area contributed by atoms with Crippen LogP contribution in [0.5, 0.6) is 0 Å². The molecule has 338 valence electrons. The van der Waals surface area contributed by atoms with Crippen LogP contribution in [0.2, 0.25) is 0 Å². The molecule has 0 atom stereocenters. The highest BCUT2D eigenvalue weighted by Gasteiger charge is 2.20. The Kier molecular flexibility index (Phi) is 13.4. The number of nitriles is 2. The molecule has 0 aliphatic carbocycles. The number of hydrogen-bond acceptors (Lipinski definition) is 6. The SMILES string of the molecule is N#C/C(=C/c1ccc(-c2cccc(N(c3ccccc3)c3ccccc3)c2)n1Cc1ccccc1Cn1c(/C=C(\C#N)C(=O)O)ccc1-c1cccc(N(c2ccccc2)c2ccccc2)c1)C(=O)O. The first-order valence-corrected chi connectivity index (χ1v) is 22.5. The maximum atomic E-state index is 12.3. The van der Waals surface area contributed by atoms with Crippen LogP contribution in [0.3, 0.4) is 0 Å². The maximum absolute atomic E-state index is 12.3. The van der Waals surface area contributed by atoms with Gasteiger partial charge in [0.05, 0.1) is 0 Å². The summed E-state index contributed by atoms with van der Waals surface area (Å²) in [4.78, 5) is 28.8. The number of nitrogens with zero attached hydrogens (tertiary/aromatic N) is 6. The molecular weight excluding hydrogens is 869 g/mol. The van der Waals surface area contributed by atoms with Crippen molar-refractivity contribution in [1.82, 2.24) is 9.13 Å². The number of anilines is 6. The summed E-state index contributed by atoms with van der Waals surface area (Å²) in [6.07, 6.45) is 2.78. The Morgan fingerprint density at radius 2 is 0.729 bits per heavy atom. The Hall–Kier alpha value is -9.90. The van der Waals surface area contributed by atoms with E-state index in [2.05, 4.69) is 70.5 Å². The van der Waals surface area contributed by atoms with Crippen LogP contribution < -0.4 is 9.80 Å². The first kappa shape index (κ1) is 45.3. The smallest absolute Gasteiger partial charge is 0.346 e. The quantitative estimate of drug-likeness (QED) is 0.0722. The zero-order chi connectivity index (χ0) is 48.4. The zero-order valence-corrected chi connectivity index (χ0v) is 37.7. The van der Waals surface area contributed by atoms with Crippen molar-refractivity contribution < 1.29 is 19.8 Å². The molecule has 0 aliphatic rings. The Bertz CT molecular complexity index is 3160. The van der Waals surface area contributed by atoms with Gasteiger partial charge in [-0.25, -0.2) is 9.59 Å². The van der Waals surface area contributed by atoms with Crippen molar-refractivity contribution in [3.05, 3.63) is 252 Å². The van der Waals surface area contributed by atoms with Crippen molar-refractivity contribution in [3.63, 3.8) is 0 Å². The van der Waals surface area contributed by atoms with Crippen LogP contribution in [0.25, 0.3) is 34.7 Å². The Morgan fingerprint density at radius 1 is 0.414 bits per heavy atom. The number of benzene rings is 7. The third kappa shape index (κ3) is 9.79. The molecule has 2 aromatic heterocycles. The standard InChI is InChI=1S/C60H44N6O4/c61-39-47(59(67)68)37-53-31-33-57(43-19-15-29-55(35-43)65(49-21-5-1-6-22-49)50-23-7-2-8-24-50)63(53)41-45-17-13-14-18-46(45)42-64-54(38-48(40-62)60(69)70)32-34-58(64)44-20-16-30-56(36-44)66(51-25-9-3-10-26-51)52-27-11-4-12-28-52/h1-38H,41-42H2,(H,67,68)(H,69,70)/b47-37-,48-38+. The van der Waals surface area contributed by atoms with Gasteiger partial charge in [0.1, 0.15) is 23.3 Å². The number of aromatic nitrogens is 2. The maximum Gasteiger partial charge on any atom is 0.346 e. The van der Waals surface area contributed by atoms with E-state index in [1.54, 1.807) is 0 Å². The van der Waals surface area contributed by atoms with Crippen LogP contribution >= 0.6 is 0 Å². The van der Waals surface area contributed by atoms with Gasteiger partial charge >= 0.3 is 11.9 Å². The monoisotopic (exact) mass is 912 g/mol. The average molecular weight is 913 g/mol. The largest absolute Gasteiger partial charge is 0.477 e. The molecule has 0 bridgehead atoms. The Morgan fingerprint density at radius 3 is 1.04 bits per heavy atom. The van der Waals surface area contributed by atoms with Gasteiger partial charge in [-0.1, -0.05) is 121 Å². The van der Waals surface area contributed by atoms with Gasteiger partial charge < -0.3 is 29.1 Å². The van der Waals surface area contributed by atoms with E-state index in [1.807, 2.05) is 179 Å². The van der Waals surface area contributed by atoms with Gasteiger partial charge in [-0.05, 0) is 120 Å². The van der Waals surface area contributed by atoms with Crippen molar-refractivity contribution in [2.45, 2.75) is 13.1 Å². The van der Waals surface area contributed by atoms with E-state index < -0.39 is 23.1 Å². The molecule has 0 aliphatic heterocycles. The lowest BCUT2D eigenvalue weighted by Crippen LogP contribution is -2.12. The van der Waals surface area contributed by atoms with E-state index >= 15 is 0 Å². The van der Waals surface area contributed by atoms with Gasteiger partial charge in [-0.2, -0.15) is 10.5 Å². The molecule has 2 heterocycles. The van der Waals surface area contributed by atoms with E-state index in [0.717, 1.165) is 67.8 Å². The molecule has 7 aromatic carbocycles. The topological polar surface area (TPSA) is 139 Å². The zero-order valence-electron chi connectivity index (χ0n) is 37.7. The van der Waals surface area contributed by atoms with Crippen molar-refractivity contribution in [1.29, 1.82) is 10.5 Å². The van der Waals surface area contributed by atoms with Crippen LogP contribution in [-0.4, -0.2) is 31.3 Å². The molecule has 0 fully saturated rings. The molecule has 0 saturated heterocycles. The summed E-state index contributed by atoms with van der Waals surface area (Å²) in [5.41, 5.74) is 11.0. The van der Waals surface area contributed by atoms with Gasteiger partial charge in [-0.3, -0.25) is 0 Å². The number of hydrogen-bond donors (Lipinski definition) is 2. The summed E-state index contributed by atoms with van der Waals surface area (Å²) in [6, 6.07) is 75.7. The second-order valence-electron chi connectivity index (χ2n) is 16.3. The molecule has 0 unspecified atom stereocenters. The van der Waals surface area contributed by atoms with E-state index in [9.17, 15) is 30.3 Å². The summed E-state index contributed by atoms with van der Waals surface area (Å²) in [6.45, 7) is 0.542. The fourth-order valence-electron chi connectivity index (χ4n) is 8.67. The minimum Gasteiger partial charge on any atom is -0.477 e. The molecular formula is C60H44N6O4. The molecule has 9 aromatic rings. The number of aliphatic carboxylic acids is 2. The van der Waals surface area contributed by atoms with Crippen molar-refractivity contribution in [2.75, 3.05) is 9.80 Å². The predicted molar refractivity (Wildman–Crippen MR) is 276 cm³/mol. The highest BCUT2D eigenvalue weighted by Crippen LogP contribution is 2.39. The summed E-state index contributed by atoms with van der Waals surface area (Å²) < 4.78 is 4.02. The highest BCUT2D eigenvalue weighted by molar-refractivity contribution is 5.97. The normalized spacial score (nSPS) is 11.3. The molecule has 0 spiro atoms. The highest BCUT2D eigenvalue weighted by atomic mass is 16.4. The second kappa shape index (κ2) is 20.7. The lowest BCUT2D eigenvalue weighted by atomic mass is 10.0. The molecule has 9 rings (SSSR count). The third-order valence-electron chi connectivity index (χ3n) is 11.9. The summed E-state index contributed by atoms with van der Waals surface area (Å²) >= 11 is 0. The molecule has 0 amide bonds. The number of para-hydroxylation sites is 4. The molecule has 70 heavy (non-hydrogen) atoms. The number of rotatable bonds is 16. The van der Waals surface area contributed by atoms with Gasteiger partial charge in [-0.15, -0.1) is 0 Å². The average Bonchev–Trinajstić information content (AvgIpc) is 3.99. The Balaban J connectivity index is 1.15. The van der Waals surface area contributed by atoms with Crippen molar-refractivity contribution in [3.8, 4) is 34.7 Å². The number of carbonyl (C=O) groups is 2. The lowest BCUT2D eigenvalue weighted by Gasteiger charge is -2.26. The fraction of sp³-hybridized carbons (Fsp3) is 0.0333. The van der Waals surface area contributed by atoms with Crippen LogP contribution in [0.1, 0.15) is 22.5 Å². The fourth-order valence-corrected chi connectivity index (χ4v) is 8.67. The van der Waals surface area contributed by atoms with E-state index in [1.165, 1.54) is 12.2 Å². The molecule has 0 saturated carbocycles. The molecule has 10 nitrogen and oxygen atoms in total. The first-order chi connectivity index (χ1) is 34.3. The Labute approximate surface area is 405 Å².